The van der Waals surface area contributed by atoms with Crippen molar-refractivity contribution >= 4 is 36.5 Å². The summed E-state index contributed by atoms with van der Waals surface area (Å²) < 4.78 is 14.9. The van der Waals surface area contributed by atoms with Crippen molar-refractivity contribution in [3.63, 3.8) is 0 Å². The minimum Gasteiger partial charge on any atom is -0.575 e. The topological polar surface area (TPSA) is 71.0 Å². The third-order valence-corrected chi connectivity index (χ3v) is 5.32. The summed E-state index contributed by atoms with van der Waals surface area (Å²) in [5, 5.41) is 2.01. The van der Waals surface area contributed by atoms with E-state index in [0.29, 0.717) is 23.3 Å². The Morgan fingerprint density at radius 3 is 2.73 bits per heavy atom. The van der Waals surface area contributed by atoms with Crippen LogP contribution in [0.25, 0.3) is 10.8 Å². The van der Waals surface area contributed by atoms with Gasteiger partial charge in [-0.1, -0.05) is 60.5 Å². The van der Waals surface area contributed by atoms with Crippen LogP contribution in [0.2, 0.25) is 5.02 Å². The molecular formula is C19H21ClNO4P. The Balaban J connectivity index is 1.79. The fourth-order valence-electron chi connectivity index (χ4n) is 2.53. The summed E-state index contributed by atoms with van der Waals surface area (Å²) in [5.74, 6) is 0.171. The average molecular weight is 394 g/mol. The second-order valence-electron chi connectivity index (χ2n) is 6.80. The van der Waals surface area contributed by atoms with Gasteiger partial charge in [-0.3, -0.25) is 4.52 Å². The van der Waals surface area contributed by atoms with Gasteiger partial charge in [0.1, 0.15) is 0 Å². The molecule has 7 heteroatoms. The molecule has 2 aromatic carbocycles. The van der Waals surface area contributed by atoms with Crippen molar-refractivity contribution in [2.75, 3.05) is 6.61 Å². The lowest BCUT2D eigenvalue weighted by Crippen LogP contribution is -2.27. The average Bonchev–Trinajstić information content (AvgIpc) is 3.44. The number of carbonyl (C=O) groups excluding carboxylic acids is 1. The number of nitrogens with zero attached hydrogens (tertiary/aromatic N) is 1. The van der Waals surface area contributed by atoms with Crippen LogP contribution in [-0.4, -0.2) is 18.6 Å². The molecule has 138 valence electrons. The van der Waals surface area contributed by atoms with E-state index in [4.69, 9.17) is 20.9 Å². The first-order chi connectivity index (χ1) is 12.5. The molecule has 0 bridgehead atoms. The fraction of sp³-hybridized carbons (Fsp3) is 0.421. The number of fused-ring (bicyclic) bond motifs is 1. The van der Waals surface area contributed by atoms with Crippen LogP contribution in [0.4, 0.5) is 0 Å². The number of carbonyl (C=O) groups is 1. The largest absolute Gasteiger partial charge is 0.575 e. The first kappa shape index (κ1) is 19.1. The maximum absolute atomic E-state index is 12.5. The summed E-state index contributed by atoms with van der Waals surface area (Å²) in [6.45, 7) is 4.08. The Kier molecular flexibility index (Phi) is 6.13. The fourth-order valence-corrected chi connectivity index (χ4v) is 3.76. The SMILES string of the molecule is CC(C)[C@H](/N=[P+](\[O-])Oc1c(Cl)ccc2ccccc12)C(=O)OCC1CC1. The number of hydrogen-bond acceptors (Lipinski definition) is 5. The Bertz CT molecular complexity index is 835. The first-order valence-corrected chi connectivity index (χ1v) is 10.2. The molecule has 1 fully saturated rings. The van der Waals surface area contributed by atoms with Crippen LogP contribution < -0.4 is 9.42 Å². The predicted octanol–water partition coefficient (Wildman–Crippen LogP) is 4.71. The number of esters is 1. The third-order valence-electron chi connectivity index (χ3n) is 4.25. The van der Waals surface area contributed by atoms with Crippen molar-refractivity contribution in [3.05, 3.63) is 41.4 Å². The zero-order chi connectivity index (χ0) is 18.7. The van der Waals surface area contributed by atoms with E-state index in [1.807, 2.05) is 44.2 Å². The normalized spacial score (nSPS) is 16.0. The minimum atomic E-state index is -2.47. The molecule has 0 radical (unpaired) electrons. The molecule has 0 spiro atoms. The first-order valence-electron chi connectivity index (χ1n) is 8.65. The van der Waals surface area contributed by atoms with Gasteiger partial charge in [0.2, 0.25) is 5.75 Å². The van der Waals surface area contributed by atoms with E-state index < -0.39 is 20.2 Å². The van der Waals surface area contributed by atoms with Crippen LogP contribution in [0.1, 0.15) is 26.7 Å². The van der Waals surface area contributed by atoms with E-state index in [9.17, 15) is 9.69 Å². The standard InChI is InChI=1S/C19H21ClNO4P/c1-12(2)17(19(22)24-11-13-7-8-13)21-26(23)25-18-15-6-4-3-5-14(15)9-10-16(18)20/h3-6,9-10,12-13,17H,7-8,11H2,1-2H3/t17-/m0/s1. The summed E-state index contributed by atoms with van der Waals surface area (Å²) in [7, 11) is -2.47. The Morgan fingerprint density at radius 1 is 1.31 bits per heavy atom. The van der Waals surface area contributed by atoms with Crippen molar-refractivity contribution in [2.24, 2.45) is 16.6 Å². The zero-order valence-electron chi connectivity index (χ0n) is 14.7. The molecule has 0 aliphatic heterocycles. The van der Waals surface area contributed by atoms with Crippen LogP contribution in [0, 0.1) is 11.8 Å². The molecule has 1 saturated carbocycles. The molecule has 2 aromatic rings. The van der Waals surface area contributed by atoms with Gasteiger partial charge >= 0.3 is 14.1 Å². The lowest BCUT2D eigenvalue weighted by atomic mass is 10.1. The van der Waals surface area contributed by atoms with Crippen LogP contribution >= 0.6 is 19.8 Å². The van der Waals surface area contributed by atoms with Gasteiger partial charge in [-0.25, -0.2) is 4.79 Å². The molecule has 1 aliphatic carbocycles. The van der Waals surface area contributed by atoms with Crippen LogP contribution in [0.3, 0.4) is 0 Å². The monoisotopic (exact) mass is 393 g/mol. The van der Waals surface area contributed by atoms with Gasteiger partial charge in [0.15, 0.2) is 6.04 Å². The highest BCUT2D eigenvalue weighted by molar-refractivity contribution is 7.34. The zero-order valence-corrected chi connectivity index (χ0v) is 16.4. The molecular weight excluding hydrogens is 373 g/mol. The highest BCUT2D eigenvalue weighted by atomic mass is 35.5. The Hall–Kier alpha value is -1.68. The molecule has 5 nitrogen and oxygen atoms in total. The van der Waals surface area contributed by atoms with E-state index in [1.165, 1.54) is 0 Å². The van der Waals surface area contributed by atoms with E-state index in [-0.39, 0.29) is 5.92 Å². The van der Waals surface area contributed by atoms with Crippen molar-refractivity contribution in [1.29, 1.82) is 0 Å². The lowest BCUT2D eigenvalue weighted by Gasteiger charge is -2.13. The van der Waals surface area contributed by atoms with E-state index in [1.54, 1.807) is 6.07 Å². The van der Waals surface area contributed by atoms with Crippen LogP contribution in [0.5, 0.6) is 5.75 Å². The molecule has 0 aromatic heterocycles. The summed E-state index contributed by atoms with van der Waals surface area (Å²) in [5.41, 5.74) is 0. The van der Waals surface area contributed by atoms with Gasteiger partial charge in [0.25, 0.3) is 0 Å². The second-order valence-corrected chi connectivity index (χ2v) is 8.10. The highest BCUT2D eigenvalue weighted by Gasteiger charge is 2.30. The van der Waals surface area contributed by atoms with Gasteiger partial charge in [0.05, 0.1) is 11.6 Å². The molecule has 26 heavy (non-hydrogen) atoms. The summed E-state index contributed by atoms with van der Waals surface area (Å²) in [6.07, 6.45) is 2.18. The molecule has 0 amide bonds. The second kappa shape index (κ2) is 8.34. The van der Waals surface area contributed by atoms with Crippen molar-refractivity contribution in [3.8, 4) is 5.75 Å². The predicted molar refractivity (Wildman–Crippen MR) is 101 cm³/mol. The highest BCUT2D eigenvalue weighted by Crippen LogP contribution is 2.38. The number of rotatable bonds is 7. The van der Waals surface area contributed by atoms with E-state index >= 15 is 0 Å². The van der Waals surface area contributed by atoms with Crippen molar-refractivity contribution < 1.29 is 18.9 Å². The van der Waals surface area contributed by atoms with Crippen molar-refractivity contribution in [2.45, 2.75) is 32.7 Å². The smallest absolute Gasteiger partial charge is 0.395 e. The summed E-state index contributed by atoms with van der Waals surface area (Å²) >= 11 is 6.21. The maximum atomic E-state index is 12.5. The Labute approximate surface area is 158 Å². The van der Waals surface area contributed by atoms with Crippen molar-refractivity contribution in [1.82, 2.24) is 0 Å². The van der Waals surface area contributed by atoms with Gasteiger partial charge in [0, 0.05) is 5.39 Å². The van der Waals surface area contributed by atoms with Crippen LogP contribution in [-0.2, 0) is 9.53 Å². The summed E-state index contributed by atoms with van der Waals surface area (Å²) in [4.78, 5) is 24.7. The number of hydrogen-bond donors (Lipinski definition) is 0. The van der Waals surface area contributed by atoms with Crippen LogP contribution in [0.15, 0.2) is 41.1 Å². The minimum absolute atomic E-state index is 0.146. The molecule has 2 atom stereocenters. The number of halogens is 1. The van der Waals surface area contributed by atoms with Gasteiger partial charge in [-0.2, -0.15) is 0 Å². The lowest BCUT2D eigenvalue weighted by molar-refractivity contribution is -0.170. The molecule has 3 rings (SSSR count). The van der Waals surface area contributed by atoms with E-state index in [2.05, 4.69) is 4.74 Å². The summed E-state index contributed by atoms with van der Waals surface area (Å²) in [6, 6.07) is 10.2. The molecule has 1 unspecified atom stereocenters. The third kappa shape index (κ3) is 4.73. The molecule has 0 heterocycles. The molecule has 0 N–H and O–H groups in total. The van der Waals surface area contributed by atoms with Gasteiger partial charge in [-0.15, -0.1) is 0 Å². The number of ether oxygens (including phenoxy) is 1. The number of benzene rings is 2. The Morgan fingerprint density at radius 2 is 2.04 bits per heavy atom. The van der Waals surface area contributed by atoms with Gasteiger partial charge in [-0.05, 0) is 36.1 Å². The quantitative estimate of drug-likeness (QED) is 0.504. The molecule has 1 aliphatic rings. The van der Waals surface area contributed by atoms with E-state index in [0.717, 1.165) is 23.6 Å². The maximum Gasteiger partial charge on any atom is 0.395 e. The van der Waals surface area contributed by atoms with Gasteiger partial charge < -0.3 is 9.63 Å². The molecule has 0 saturated heterocycles.